The third-order valence-electron chi connectivity index (χ3n) is 3.00. The average molecular weight is 308 g/mol. The summed E-state index contributed by atoms with van der Waals surface area (Å²) < 4.78 is 10.9. The van der Waals surface area contributed by atoms with E-state index in [4.69, 9.17) is 26.8 Å². The first kappa shape index (κ1) is 13.6. The first-order valence-electron chi connectivity index (χ1n) is 6.22. The standard InChI is InChI=1S/C15H14ClNO2S/c16-12-4-10-7-18-9-19-15(10)11(5-12)8-20-14-3-1-2-13(17)6-14/h1-6H,7-9,17H2. The van der Waals surface area contributed by atoms with Gasteiger partial charge in [-0.05, 0) is 30.3 Å². The van der Waals surface area contributed by atoms with Crippen LogP contribution in [0.2, 0.25) is 5.02 Å². The highest BCUT2D eigenvalue weighted by atomic mass is 35.5. The minimum atomic E-state index is 0.296. The predicted molar refractivity (Wildman–Crippen MR) is 82.2 cm³/mol. The van der Waals surface area contributed by atoms with Gasteiger partial charge in [0.25, 0.3) is 0 Å². The number of anilines is 1. The molecule has 1 aliphatic heterocycles. The van der Waals surface area contributed by atoms with Crippen molar-refractivity contribution >= 4 is 29.1 Å². The Labute approximate surface area is 127 Å². The van der Waals surface area contributed by atoms with Gasteiger partial charge in [-0.2, -0.15) is 0 Å². The quantitative estimate of drug-likeness (QED) is 0.685. The maximum Gasteiger partial charge on any atom is 0.189 e. The van der Waals surface area contributed by atoms with Gasteiger partial charge in [0.1, 0.15) is 5.75 Å². The van der Waals surface area contributed by atoms with E-state index in [0.29, 0.717) is 18.4 Å². The first-order chi connectivity index (χ1) is 9.72. The van der Waals surface area contributed by atoms with Crippen molar-refractivity contribution in [2.75, 3.05) is 12.5 Å². The van der Waals surface area contributed by atoms with E-state index in [2.05, 4.69) is 0 Å². The lowest BCUT2D eigenvalue weighted by atomic mass is 10.1. The highest BCUT2D eigenvalue weighted by molar-refractivity contribution is 7.98. The van der Waals surface area contributed by atoms with Crippen LogP contribution in [0.25, 0.3) is 0 Å². The smallest absolute Gasteiger partial charge is 0.189 e. The highest BCUT2D eigenvalue weighted by Crippen LogP contribution is 2.35. The highest BCUT2D eigenvalue weighted by Gasteiger charge is 2.16. The number of rotatable bonds is 3. The molecule has 0 aliphatic carbocycles. The van der Waals surface area contributed by atoms with E-state index in [1.54, 1.807) is 11.8 Å². The molecule has 0 saturated heterocycles. The van der Waals surface area contributed by atoms with E-state index < -0.39 is 0 Å². The zero-order valence-electron chi connectivity index (χ0n) is 10.8. The summed E-state index contributed by atoms with van der Waals surface area (Å²) in [6, 6.07) is 11.7. The van der Waals surface area contributed by atoms with Crippen LogP contribution in [0.3, 0.4) is 0 Å². The Hall–Kier alpha value is -1.36. The van der Waals surface area contributed by atoms with Gasteiger partial charge in [-0.3, -0.25) is 0 Å². The van der Waals surface area contributed by atoms with Crippen LogP contribution < -0.4 is 10.5 Å². The lowest BCUT2D eigenvalue weighted by molar-refractivity contribution is -0.0168. The SMILES string of the molecule is Nc1cccc(SCc2cc(Cl)cc3c2OCOC3)c1. The Bertz CT molecular complexity index is 633. The molecular weight excluding hydrogens is 294 g/mol. The van der Waals surface area contributed by atoms with Crippen LogP contribution in [-0.2, 0) is 17.1 Å². The number of fused-ring (bicyclic) bond motifs is 1. The van der Waals surface area contributed by atoms with Crippen molar-refractivity contribution in [1.82, 2.24) is 0 Å². The van der Waals surface area contributed by atoms with E-state index in [-0.39, 0.29) is 0 Å². The summed E-state index contributed by atoms with van der Waals surface area (Å²) in [4.78, 5) is 1.13. The molecule has 1 heterocycles. The second kappa shape index (κ2) is 5.95. The first-order valence-corrected chi connectivity index (χ1v) is 7.59. The summed E-state index contributed by atoms with van der Waals surface area (Å²) in [6.45, 7) is 0.844. The summed E-state index contributed by atoms with van der Waals surface area (Å²) in [5, 5.41) is 0.709. The molecule has 0 amide bonds. The number of nitrogen functional groups attached to an aromatic ring is 1. The Kier molecular flexibility index (Phi) is 4.05. The van der Waals surface area contributed by atoms with Crippen molar-refractivity contribution in [3.05, 3.63) is 52.5 Å². The van der Waals surface area contributed by atoms with E-state index in [9.17, 15) is 0 Å². The number of hydrogen-bond acceptors (Lipinski definition) is 4. The largest absolute Gasteiger partial charge is 0.467 e. The Morgan fingerprint density at radius 1 is 1.25 bits per heavy atom. The Morgan fingerprint density at radius 3 is 3.00 bits per heavy atom. The molecular formula is C15H14ClNO2S. The molecule has 1 aliphatic rings. The molecule has 0 aromatic heterocycles. The van der Waals surface area contributed by atoms with E-state index in [1.165, 1.54) is 0 Å². The van der Waals surface area contributed by atoms with Gasteiger partial charge in [0.2, 0.25) is 0 Å². The van der Waals surface area contributed by atoms with Gasteiger partial charge in [-0.25, -0.2) is 0 Å². The van der Waals surface area contributed by atoms with Crippen molar-refractivity contribution < 1.29 is 9.47 Å². The number of ether oxygens (including phenoxy) is 2. The van der Waals surface area contributed by atoms with E-state index in [1.807, 2.05) is 36.4 Å². The van der Waals surface area contributed by atoms with Crippen LogP contribution in [-0.4, -0.2) is 6.79 Å². The molecule has 0 radical (unpaired) electrons. The van der Waals surface area contributed by atoms with Gasteiger partial charge >= 0.3 is 0 Å². The molecule has 0 fully saturated rings. The van der Waals surface area contributed by atoms with Crippen LogP contribution in [0.15, 0.2) is 41.3 Å². The Morgan fingerprint density at radius 2 is 2.15 bits per heavy atom. The van der Waals surface area contributed by atoms with Crippen molar-refractivity contribution in [1.29, 1.82) is 0 Å². The lowest BCUT2D eigenvalue weighted by Crippen LogP contribution is -2.12. The van der Waals surface area contributed by atoms with Gasteiger partial charge in [-0.1, -0.05) is 17.7 Å². The number of halogens is 1. The molecule has 20 heavy (non-hydrogen) atoms. The third kappa shape index (κ3) is 3.03. The number of nitrogens with two attached hydrogens (primary N) is 1. The van der Waals surface area contributed by atoms with Crippen molar-refractivity contribution in [3.8, 4) is 5.75 Å². The lowest BCUT2D eigenvalue weighted by Gasteiger charge is -2.21. The van der Waals surface area contributed by atoms with Gasteiger partial charge in [-0.15, -0.1) is 11.8 Å². The van der Waals surface area contributed by atoms with Crippen LogP contribution in [0.4, 0.5) is 5.69 Å². The molecule has 2 N–H and O–H groups in total. The van der Waals surface area contributed by atoms with Crippen molar-refractivity contribution in [2.45, 2.75) is 17.3 Å². The maximum absolute atomic E-state index is 6.15. The zero-order chi connectivity index (χ0) is 13.9. The van der Waals surface area contributed by atoms with Gasteiger partial charge in [0, 0.05) is 32.5 Å². The fraction of sp³-hybridized carbons (Fsp3) is 0.200. The fourth-order valence-corrected chi connectivity index (χ4v) is 3.32. The van der Waals surface area contributed by atoms with Gasteiger partial charge < -0.3 is 15.2 Å². The van der Waals surface area contributed by atoms with Crippen LogP contribution >= 0.6 is 23.4 Å². The van der Waals surface area contributed by atoms with E-state index in [0.717, 1.165) is 33.2 Å². The topological polar surface area (TPSA) is 44.5 Å². The molecule has 3 rings (SSSR count). The average Bonchev–Trinajstić information content (AvgIpc) is 2.44. The number of hydrogen-bond donors (Lipinski definition) is 1. The van der Waals surface area contributed by atoms with Gasteiger partial charge in [0.15, 0.2) is 6.79 Å². The normalized spacial score (nSPS) is 13.7. The van der Waals surface area contributed by atoms with Gasteiger partial charge in [0.05, 0.1) is 6.61 Å². The second-order valence-electron chi connectivity index (χ2n) is 4.52. The van der Waals surface area contributed by atoms with E-state index >= 15 is 0 Å². The molecule has 5 heteroatoms. The minimum absolute atomic E-state index is 0.296. The van der Waals surface area contributed by atoms with Crippen LogP contribution in [0.1, 0.15) is 11.1 Å². The molecule has 0 atom stereocenters. The monoisotopic (exact) mass is 307 g/mol. The molecule has 2 aromatic carbocycles. The summed E-state index contributed by atoms with van der Waals surface area (Å²) in [7, 11) is 0. The molecule has 3 nitrogen and oxygen atoms in total. The predicted octanol–water partition coefficient (Wildman–Crippen LogP) is 4.08. The minimum Gasteiger partial charge on any atom is -0.467 e. The molecule has 0 saturated carbocycles. The molecule has 0 spiro atoms. The number of benzene rings is 2. The summed E-state index contributed by atoms with van der Waals surface area (Å²) in [5.74, 6) is 1.68. The van der Waals surface area contributed by atoms with Crippen LogP contribution in [0, 0.1) is 0 Å². The molecule has 104 valence electrons. The molecule has 0 unspecified atom stereocenters. The zero-order valence-corrected chi connectivity index (χ0v) is 12.3. The third-order valence-corrected chi connectivity index (χ3v) is 4.26. The Balaban J connectivity index is 1.82. The summed E-state index contributed by atoms with van der Waals surface area (Å²) in [5.41, 5.74) is 8.65. The number of thioether (sulfide) groups is 1. The summed E-state index contributed by atoms with van der Waals surface area (Å²) >= 11 is 7.86. The molecule has 0 bridgehead atoms. The molecule has 2 aromatic rings. The fourth-order valence-electron chi connectivity index (χ4n) is 2.13. The van der Waals surface area contributed by atoms with Crippen molar-refractivity contribution in [3.63, 3.8) is 0 Å². The van der Waals surface area contributed by atoms with Crippen LogP contribution in [0.5, 0.6) is 5.75 Å². The second-order valence-corrected chi connectivity index (χ2v) is 6.01. The summed E-state index contributed by atoms with van der Waals surface area (Å²) in [6.07, 6.45) is 0. The maximum atomic E-state index is 6.15. The van der Waals surface area contributed by atoms with Crippen molar-refractivity contribution in [2.24, 2.45) is 0 Å².